The zero-order valence-electron chi connectivity index (χ0n) is 19.4. The maximum absolute atomic E-state index is 13.3. The van der Waals surface area contributed by atoms with E-state index in [1.54, 1.807) is 6.20 Å². The molecule has 1 aliphatic heterocycles. The van der Waals surface area contributed by atoms with Crippen molar-refractivity contribution in [1.29, 1.82) is 0 Å². The van der Waals surface area contributed by atoms with Crippen LogP contribution in [0.15, 0.2) is 66.9 Å². The fourth-order valence-electron chi connectivity index (χ4n) is 5.12. The Morgan fingerprint density at radius 3 is 2.45 bits per heavy atom. The molecule has 0 radical (unpaired) electrons. The van der Waals surface area contributed by atoms with Crippen LogP contribution in [0.5, 0.6) is 0 Å². The molecule has 0 saturated carbocycles. The Hall–Kier alpha value is -3.47. The summed E-state index contributed by atoms with van der Waals surface area (Å²) in [5.74, 6) is 0.835. The van der Waals surface area contributed by atoms with E-state index in [9.17, 15) is 9.59 Å². The zero-order valence-corrected chi connectivity index (χ0v) is 19.4. The first-order valence-electron chi connectivity index (χ1n) is 11.5. The van der Waals surface area contributed by atoms with Crippen LogP contribution in [0.3, 0.4) is 0 Å². The van der Waals surface area contributed by atoms with Crippen molar-refractivity contribution in [2.45, 2.75) is 52.1 Å². The van der Waals surface area contributed by atoms with Gasteiger partial charge in [0.05, 0.1) is 5.41 Å². The minimum absolute atomic E-state index is 0.0302. The lowest BCUT2D eigenvalue weighted by molar-refractivity contribution is -0.140. The third-order valence-electron chi connectivity index (χ3n) is 6.76. The number of amides is 2. The lowest BCUT2D eigenvalue weighted by Crippen LogP contribution is -2.38. The number of pyridine rings is 1. The van der Waals surface area contributed by atoms with E-state index in [1.165, 1.54) is 11.1 Å². The number of benzene rings is 2. The predicted molar refractivity (Wildman–Crippen MR) is 129 cm³/mol. The van der Waals surface area contributed by atoms with Gasteiger partial charge in [-0.1, -0.05) is 75.4 Å². The highest BCUT2D eigenvalue weighted by molar-refractivity contribution is 6.06. The molecule has 1 aliphatic carbocycles. The second-order valence-electron chi connectivity index (χ2n) is 10.3. The standard InChI is InChI=1S/C28H29N3O2/c1-27(2,3)26(33)31(17-19-8-5-4-6-9-19)18-20-11-12-21-15-28(16-22(21)14-20)23-10-7-13-29-24(23)30-25(28)32/h4-14H,15-18H2,1-3H3,(H,29,30,32). The van der Waals surface area contributed by atoms with Crippen molar-refractivity contribution in [3.63, 3.8) is 0 Å². The fourth-order valence-corrected chi connectivity index (χ4v) is 5.12. The van der Waals surface area contributed by atoms with Crippen LogP contribution in [-0.4, -0.2) is 21.7 Å². The summed E-state index contributed by atoms with van der Waals surface area (Å²) in [5.41, 5.74) is 4.53. The number of nitrogens with zero attached hydrogens (tertiary/aromatic N) is 2. The summed E-state index contributed by atoms with van der Waals surface area (Å²) in [6.45, 7) is 6.99. The van der Waals surface area contributed by atoms with E-state index < -0.39 is 10.8 Å². The highest BCUT2D eigenvalue weighted by Crippen LogP contribution is 2.46. The number of nitrogens with one attached hydrogen (secondary N) is 1. The van der Waals surface area contributed by atoms with E-state index in [0.29, 0.717) is 31.7 Å². The van der Waals surface area contributed by atoms with Gasteiger partial charge in [-0.25, -0.2) is 4.98 Å². The van der Waals surface area contributed by atoms with Crippen molar-refractivity contribution < 1.29 is 9.59 Å². The number of fused-ring (bicyclic) bond motifs is 3. The van der Waals surface area contributed by atoms with Crippen LogP contribution in [0.1, 0.15) is 48.6 Å². The quantitative estimate of drug-likeness (QED) is 0.644. The molecule has 5 nitrogen and oxygen atoms in total. The average molecular weight is 440 g/mol. The predicted octanol–water partition coefficient (Wildman–Crippen LogP) is 4.65. The molecule has 1 spiro atoms. The minimum atomic E-state index is -0.574. The maximum atomic E-state index is 13.3. The molecule has 5 heteroatoms. The number of anilines is 1. The number of hydrogen-bond acceptors (Lipinski definition) is 3. The van der Waals surface area contributed by atoms with Gasteiger partial charge in [-0.3, -0.25) is 9.59 Å². The fraction of sp³-hybridized carbons (Fsp3) is 0.321. The molecule has 1 unspecified atom stereocenters. The monoisotopic (exact) mass is 439 g/mol. The molecule has 1 N–H and O–H groups in total. The van der Waals surface area contributed by atoms with Crippen molar-refractivity contribution in [2.75, 3.05) is 5.32 Å². The highest BCUT2D eigenvalue weighted by Gasteiger charge is 2.51. The summed E-state index contributed by atoms with van der Waals surface area (Å²) in [6, 6.07) is 20.4. The number of hydrogen-bond donors (Lipinski definition) is 1. The Labute approximate surface area is 194 Å². The topological polar surface area (TPSA) is 62.3 Å². The van der Waals surface area contributed by atoms with E-state index in [-0.39, 0.29) is 11.8 Å². The van der Waals surface area contributed by atoms with Crippen LogP contribution in [0.4, 0.5) is 5.82 Å². The second kappa shape index (κ2) is 7.84. The van der Waals surface area contributed by atoms with Crippen molar-refractivity contribution >= 4 is 17.6 Å². The van der Waals surface area contributed by atoms with Crippen molar-refractivity contribution in [3.8, 4) is 0 Å². The molecule has 2 aromatic carbocycles. The van der Waals surface area contributed by atoms with Crippen LogP contribution in [-0.2, 0) is 40.9 Å². The lowest BCUT2D eigenvalue weighted by atomic mass is 9.79. The molecule has 2 heterocycles. The molecule has 1 atom stereocenters. The van der Waals surface area contributed by atoms with Gasteiger partial charge in [-0.2, -0.15) is 0 Å². The van der Waals surface area contributed by atoms with Gasteiger partial charge < -0.3 is 10.2 Å². The third kappa shape index (κ3) is 3.82. The van der Waals surface area contributed by atoms with Crippen LogP contribution < -0.4 is 5.32 Å². The number of aromatic nitrogens is 1. The Kier molecular flexibility index (Phi) is 5.08. The molecule has 2 amide bonds. The Morgan fingerprint density at radius 2 is 1.70 bits per heavy atom. The Balaban J connectivity index is 1.42. The van der Waals surface area contributed by atoms with Gasteiger partial charge in [0.25, 0.3) is 0 Å². The number of rotatable bonds is 4. The summed E-state index contributed by atoms with van der Waals surface area (Å²) in [4.78, 5) is 32.5. The second-order valence-corrected chi connectivity index (χ2v) is 10.3. The van der Waals surface area contributed by atoms with Gasteiger partial charge in [0.2, 0.25) is 11.8 Å². The maximum Gasteiger partial charge on any atom is 0.237 e. The summed E-state index contributed by atoms with van der Waals surface area (Å²) >= 11 is 0. The van der Waals surface area contributed by atoms with Crippen molar-refractivity contribution in [1.82, 2.24) is 9.88 Å². The van der Waals surface area contributed by atoms with E-state index in [2.05, 4.69) is 40.6 Å². The van der Waals surface area contributed by atoms with Gasteiger partial charge >= 0.3 is 0 Å². The SMILES string of the molecule is CC(C)(C)C(=O)N(Cc1ccccc1)Cc1ccc2c(c1)CC1(C2)C(=O)Nc2ncccc21. The van der Waals surface area contributed by atoms with Gasteiger partial charge in [0.15, 0.2) is 0 Å². The Bertz CT molecular complexity index is 1230. The van der Waals surface area contributed by atoms with Crippen LogP contribution in [0, 0.1) is 5.41 Å². The molecule has 3 aromatic rings. The lowest BCUT2D eigenvalue weighted by Gasteiger charge is -2.30. The molecule has 0 bridgehead atoms. The first kappa shape index (κ1) is 21.4. The molecule has 168 valence electrons. The molecular formula is C28H29N3O2. The van der Waals surface area contributed by atoms with Gasteiger partial charge in [0.1, 0.15) is 5.82 Å². The smallest absolute Gasteiger partial charge is 0.237 e. The summed E-state index contributed by atoms with van der Waals surface area (Å²) < 4.78 is 0. The van der Waals surface area contributed by atoms with Crippen LogP contribution in [0.25, 0.3) is 0 Å². The molecule has 2 aliphatic rings. The van der Waals surface area contributed by atoms with Crippen LogP contribution >= 0.6 is 0 Å². The Morgan fingerprint density at radius 1 is 0.970 bits per heavy atom. The number of carbonyl (C=O) groups is 2. The first-order valence-corrected chi connectivity index (χ1v) is 11.5. The molecule has 0 saturated heterocycles. The largest absolute Gasteiger partial charge is 0.334 e. The van der Waals surface area contributed by atoms with Crippen molar-refractivity contribution in [2.24, 2.45) is 5.41 Å². The van der Waals surface area contributed by atoms with Crippen LogP contribution in [0.2, 0.25) is 0 Å². The molecule has 1 aromatic heterocycles. The van der Waals surface area contributed by atoms with E-state index >= 15 is 0 Å². The molecular weight excluding hydrogens is 410 g/mol. The average Bonchev–Trinajstić information content (AvgIpc) is 3.30. The van der Waals surface area contributed by atoms with E-state index in [1.807, 2.05) is 56.0 Å². The van der Waals surface area contributed by atoms with Crippen molar-refractivity contribution in [3.05, 3.63) is 94.7 Å². The summed E-state index contributed by atoms with van der Waals surface area (Å²) in [6.07, 6.45) is 3.06. The zero-order chi connectivity index (χ0) is 23.2. The normalized spacial score (nSPS) is 18.7. The first-order chi connectivity index (χ1) is 15.8. The molecule has 5 rings (SSSR count). The van der Waals surface area contributed by atoms with Gasteiger partial charge in [-0.15, -0.1) is 0 Å². The minimum Gasteiger partial charge on any atom is -0.334 e. The molecule has 0 fully saturated rings. The van der Waals surface area contributed by atoms with E-state index in [4.69, 9.17) is 0 Å². The van der Waals surface area contributed by atoms with Gasteiger partial charge in [0, 0.05) is 30.3 Å². The van der Waals surface area contributed by atoms with E-state index in [0.717, 1.165) is 16.7 Å². The number of carbonyl (C=O) groups excluding carboxylic acids is 2. The summed E-state index contributed by atoms with van der Waals surface area (Å²) in [7, 11) is 0. The highest BCUT2D eigenvalue weighted by atomic mass is 16.2. The summed E-state index contributed by atoms with van der Waals surface area (Å²) in [5, 5.41) is 2.97. The molecule has 33 heavy (non-hydrogen) atoms. The third-order valence-corrected chi connectivity index (χ3v) is 6.76. The van der Waals surface area contributed by atoms with Gasteiger partial charge in [-0.05, 0) is 41.2 Å².